The van der Waals surface area contributed by atoms with E-state index in [1.807, 2.05) is 0 Å². The Labute approximate surface area is 180 Å². The Morgan fingerprint density at radius 3 is 2.40 bits per heavy atom. The lowest BCUT2D eigenvalue weighted by Crippen LogP contribution is -2.18. The van der Waals surface area contributed by atoms with Gasteiger partial charge in [0.2, 0.25) is 0 Å². The fourth-order valence-corrected chi connectivity index (χ4v) is 5.57. The molecule has 0 saturated heterocycles. The fraction of sp³-hybridized carbons (Fsp3) is 0.357. The number of hydrogen-bond donors (Lipinski definition) is 1. The largest absolute Gasteiger partial charge is 0.489 e. The van der Waals surface area contributed by atoms with Gasteiger partial charge in [0.15, 0.2) is 0 Å². The topological polar surface area (TPSA) is 35.2 Å². The van der Waals surface area contributed by atoms with Crippen molar-refractivity contribution in [2.45, 2.75) is 52.6 Å². The fourth-order valence-electron chi connectivity index (χ4n) is 5.57. The number of ether oxygens (including phenoxy) is 1. The molecule has 0 heterocycles. The number of aryl methyl sites for hydroxylation is 2. The summed E-state index contributed by atoms with van der Waals surface area (Å²) in [6.07, 6.45) is 3.82. The minimum Gasteiger partial charge on any atom is -0.489 e. The van der Waals surface area contributed by atoms with E-state index in [0.29, 0.717) is 17.9 Å². The Balaban J connectivity index is 1.38. The third-order valence-electron chi connectivity index (χ3n) is 7.49. The van der Waals surface area contributed by atoms with Crippen LogP contribution >= 0.6 is 0 Å². The van der Waals surface area contributed by atoms with Crippen LogP contribution in [0.5, 0.6) is 5.75 Å². The summed E-state index contributed by atoms with van der Waals surface area (Å²) in [5.41, 5.74) is 17.3. The normalized spacial score (nSPS) is 18.5. The number of rotatable bonds is 5. The maximum atomic E-state index is 6.28. The van der Waals surface area contributed by atoms with E-state index < -0.39 is 0 Å². The van der Waals surface area contributed by atoms with Crippen molar-refractivity contribution in [3.63, 3.8) is 0 Å². The molecule has 1 fully saturated rings. The molecule has 3 aromatic carbocycles. The molecule has 1 atom stereocenters. The zero-order chi connectivity index (χ0) is 20.9. The second-order valence-electron chi connectivity index (χ2n) is 9.33. The van der Waals surface area contributed by atoms with Crippen LogP contribution in [0.25, 0.3) is 11.1 Å². The second-order valence-corrected chi connectivity index (χ2v) is 9.33. The van der Waals surface area contributed by atoms with Gasteiger partial charge in [0.25, 0.3) is 0 Å². The Morgan fingerprint density at radius 1 is 0.967 bits per heavy atom. The molecule has 2 heteroatoms. The molecule has 30 heavy (non-hydrogen) atoms. The predicted molar refractivity (Wildman–Crippen MR) is 124 cm³/mol. The zero-order valence-corrected chi connectivity index (χ0v) is 18.3. The van der Waals surface area contributed by atoms with Crippen LogP contribution in [-0.4, -0.2) is 6.54 Å². The summed E-state index contributed by atoms with van der Waals surface area (Å²) in [5, 5.41) is 0. The molecule has 2 aliphatic rings. The van der Waals surface area contributed by atoms with Gasteiger partial charge in [-0.1, -0.05) is 42.5 Å². The summed E-state index contributed by atoms with van der Waals surface area (Å²) in [7, 11) is 0. The lowest BCUT2D eigenvalue weighted by atomic mass is 9.90. The molecule has 0 aromatic heterocycles. The van der Waals surface area contributed by atoms with Crippen LogP contribution in [0.2, 0.25) is 0 Å². The minimum atomic E-state index is 0.464. The molecule has 0 bridgehead atoms. The molecule has 1 saturated carbocycles. The van der Waals surface area contributed by atoms with Crippen molar-refractivity contribution < 1.29 is 4.74 Å². The first kappa shape index (κ1) is 19.4. The average molecular weight is 398 g/mol. The van der Waals surface area contributed by atoms with Gasteiger partial charge >= 0.3 is 0 Å². The lowest BCUT2D eigenvalue weighted by Gasteiger charge is -2.17. The first-order valence-corrected chi connectivity index (χ1v) is 11.1. The van der Waals surface area contributed by atoms with Crippen LogP contribution in [0.4, 0.5) is 0 Å². The number of nitrogens with two attached hydrogens (primary N) is 1. The van der Waals surface area contributed by atoms with E-state index in [1.54, 1.807) is 0 Å². The number of hydrogen-bond acceptors (Lipinski definition) is 2. The Hall–Kier alpha value is -2.58. The van der Waals surface area contributed by atoms with Crippen molar-refractivity contribution in [1.29, 1.82) is 0 Å². The lowest BCUT2D eigenvalue weighted by molar-refractivity contribution is 0.305. The van der Waals surface area contributed by atoms with Crippen LogP contribution < -0.4 is 10.5 Å². The molecule has 5 rings (SSSR count). The van der Waals surface area contributed by atoms with Gasteiger partial charge in [0.1, 0.15) is 12.4 Å². The van der Waals surface area contributed by atoms with E-state index >= 15 is 0 Å². The van der Waals surface area contributed by atoms with Gasteiger partial charge in [-0.2, -0.15) is 0 Å². The smallest absolute Gasteiger partial charge is 0.120 e. The predicted octanol–water partition coefficient (Wildman–Crippen LogP) is 6.24. The van der Waals surface area contributed by atoms with Crippen LogP contribution in [0.3, 0.4) is 0 Å². The van der Waals surface area contributed by atoms with Gasteiger partial charge in [-0.25, -0.2) is 0 Å². The standard InChI is InChI=1S/C28H31NO/c1-18-6-4-7-19(2)27(18)24-9-5-8-21(20(24)3)17-30-23-10-11-25-22(14-23)15-28(12-13-28)26(25)16-29/h4-11,14,26H,12-13,15-17,29H2,1-3H3. The van der Waals surface area contributed by atoms with Crippen LogP contribution in [0, 0.1) is 26.2 Å². The molecule has 2 aliphatic carbocycles. The highest BCUT2D eigenvalue weighted by Crippen LogP contribution is 2.62. The van der Waals surface area contributed by atoms with Crippen molar-refractivity contribution in [1.82, 2.24) is 0 Å². The SMILES string of the molecule is Cc1cccc(C)c1-c1cccc(COc2ccc3c(c2)CC2(CC2)C3CN)c1C. The summed E-state index contributed by atoms with van der Waals surface area (Å²) in [6.45, 7) is 7.95. The molecular formula is C28H31NO. The monoisotopic (exact) mass is 397 g/mol. The molecule has 154 valence electrons. The third kappa shape index (κ3) is 3.15. The molecule has 2 nitrogen and oxygen atoms in total. The first-order chi connectivity index (χ1) is 14.5. The first-order valence-electron chi connectivity index (χ1n) is 11.1. The summed E-state index contributed by atoms with van der Waals surface area (Å²) >= 11 is 0. The van der Waals surface area contributed by atoms with Crippen molar-refractivity contribution >= 4 is 0 Å². The average Bonchev–Trinajstić information content (AvgIpc) is 3.42. The van der Waals surface area contributed by atoms with E-state index in [-0.39, 0.29) is 0 Å². The van der Waals surface area contributed by atoms with Crippen molar-refractivity contribution in [3.05, 3.63) is 88.0 Å². The van der Waals surface area contributed by atoms with Crippen molar-refractivity contribution in [3.8, 4) is 16.9 Å². The highest BCUT2D eigenvalue weighted by atomic mass is 16.5. The third-order valence-corrected chi connectivity index (χ3v) is 7.49. The van der Waals surface area contributed by atoms with Crippen LogP contribution in [0.15, 0.2) is 54.6 Å². The van der Waals surface area contributed by atoms with E-state index in [0.717, 1.165) is 12.3 Å². The molecule has 1 unspecified atom stereocenters. The van der Waals surface area contributed by atoms with E-state index in [1.165, 1.54) is 63.8 Å². The van der Waals surface area contributed by atoms with E-state index in [4.69, 9.17) is 10.5 Å². The summed E-state index contributed by atoms with van der Waals surface area (Å²) < 4.78 is 6.28. The highest BCUT2D eigenvalue weighted by Gasteiger charge is 2.53. The molecular weight excluding hydrogens is 366 g/mol. The second kappa shape index (κ2) is 7.28. The Bertz CT molecular complexity index is 1090. The van der Waals surface area contributed by atoms with E-state index in [2.05, 4.69) is 75.4 Å². The van der Waals surface area contributed by atoms with E-state index in [9.17, 15) is 0 Å². The molecule has 0 amide bonds. The summed E-state index contributed by atoms with van der Waals surface area (Å²) in [6, 6.07) is 19.7. The van der Waals surface area contributed by atoms with Crippen molar-refractivity contribution in [2.24, 2.45) is 11.1 Å². The maximum absolute atomic E-state index is 6.28. The van der Waals surface area contributed by atoms with Crippen molar-refractivity contribution in [2.75, 3.05) is 6.54 Å². The molecule has 0 radical (unpaired) electrons. The van der Waals surface area contributed by atoms with Gasteiger partial charge < -0.3 is 10.5 Å². The van der Waals surface area contributed by atoms with Gasteiger partial charge in [-0.15, -0.1) is 0 Å². The number of fused-ring (bicyclic) bond motifs is 1. The van der Waals surface area contributed by atoms with Gasteiger partial charge in [-0.05, 0) is 109 Å². The minimum absolute atomic E-state index is 0.464. The molecule has 3 aromatic rings. The van der Waals surface area contributed by atoms with Crippen LogP contribution in [0.1, 0.15) is 52.1 Å². The number of benzene rings is 3. The summed E-state index contributed by atoms with van der Waals surface area (Å²) in [5.74, 6) is 1.51. The molecule has 1 spiro atoms. The van der Waals surface area contributed by atoms with Gasteiger partial charge in [0, 0.05) is 5.92 Å². The molecule has 2 N–H and O–H groups in total. The zero-order valence-electron chi connectivity index (χ0n) is 18.3. The van der Waals surface area contributed by atoms with Crippen LogP contribution in [-0.2, 0) is 13.0 Å². The van der Waals surface area contributed by atoms with Gasteiger partial charge in [0.05, 0.1) is 0 Å². The quantitative estimate of drug-likeness (QED) is 0.553. The Morgan fingerprint density at radius 2 is 1.70 bits per heavy atom. The highest BCUT2D eigenvalue weighted by molar-refractivity contribution is 5.74. The summed E-state index contributed by atoms with van der Waals surface area (Å²) in [4.78, 5) is 0. The molecule has 0 aliphatic heterocycles. The maximum Gasteiger partial charge on any atom is 0.120 e. The Kier molecular flexibility index (Phi) is 4.71. The van der Waals surface area contributed by atoms with Gasteiger partial charge in [-0.3, -0.25) is 0 Å².